The Hall–Kier alpha value is -2.60. The number of anilines is 2. The highest BCUT2D eigenvalue weighted by atomic mass is 32.1. The first-order chi connectivity index (χ1) is 12.5. The molecule has 0 saturated carbocycles. The summed E-state index contributed by atoms with van der Waals surface area (Å²) in [7, 11) is 0. The van der Waals surface area contributed by atoms with Crippen molar-refractivity contribution in [3.05, 3.63) is 53.1 Å². The first-order valence-corrected chi connectivity index (χ1v) is 9.11. The van der Waals surface area contributed by atoms with Crippen LogP contribution in [-0.4, -0.2) is 29.5 Å². The quantitative estimate of drug-likeness (QED) is 0.405. The number of rotatable bonds is 6. The lowest BCUT2D eigenvalue weighted by Crippen LogP contribution is -2.24. The van der Waals surface area contributed by atoms with E-state index in [2.05, 4.69) is 34.6 Å². The van der Waals surface area contributed by atoms with E-state index in [0.717, 1.165) is 35.6 Å². The van der Waals surface area contributed by atoms with Crippen molar-refractivity contribution < 1.29 is 5.11 Å². The molecule has 2 aromatic rings. The average molecular weight is 371 g/mol. The minimum absolute atomic E-state index is 0.188. The Morgan fingerprint density at radius 2 is 1.81 bits per heavy atom. The van der Waals surface area contributed by atoms with Crippen molar-refractivity contribution in [1.29, 1.82) is 0 Å². The van der Waals surface area contributed by atoms with Gasteiger partial charge < -0.3 is 15.3 Å². The van der Waals surface area contributed by atoms with Gasteiger partial charge in [0, 0.05) is 36.1 Å². The van der Waals surface area contributed by atoms with Crippen molar-refractivity contribution in [2.24, 2.45) is 5.10 Å². The van der Waals surface area contributed by atoms with Crippen LogP contribution < -0.4 is 15.6 Å². The second kappa shape index (κ2) is 9.20. The fraction of sp³-hybridized carbons (Fsp3) is 0.300. The van der Waals surface area contributed by atoms with E-state index in [1.54, 1.807) is 12.3 Å². The molecule has 0 unspecified atom stereocenters. The van der Waals surface area contributed by atoms with Gasteiger partial charge in [0.25, 0.3) is 0 Å². The summed E-state index contributed by atoms with van der Waals surface area (Å²) in [5.74, 6) is 0.188. The van der Waals surface area contributed by atoms with E-state index in [1.165, 1.54) is 0 Å². The Balaban J connectivity index is 2.01. The molecule has 0 radical (unpaired) electrons. The maximum Gasteiger partial charge on any atom is 0.191 e. The van der Waals surface area contributed by atoms with Crippen molar-refractivity contribution >= 4 is 34.9 Å². The predicted molar refractivity (Wildman–Crippen MR) is 115 cm³/mol. The molecule has 0 aliphatic rings. The second-order valence-electron chi connectivity index (χ2n) is 6.01. The molecule has 0 aliphatic heterocycles. The van der Waals surface area contributed by atoms with Crippen LogP contribution in [0.25, 0.3) is 0 Å². The molecule has 0 bridgehead atoms. The lowest BCUT2D eigenvalue weighted by Gasteiger charge is -2.21. The highest BCUT2D eigenvalue weighted by Gasteiger charge is 2.06. The Morgan fingerprint density at radius 3 is 2.38 bits per heavy atom. The Kier molecular flexibility index (Phi) is 6.97. The molecule has 2 rings (SSSR count). The van der Waals surface area contributed by atoms with Gasteiger partial charge in [-0.1, -0.05) is 18.2 Å². The first-order valence-electron chi connectivity index (χ1n) is 8.70. The first kappa shape index (κ1) is 19.7. The highest BCUT2D eigenvalue weighted by Crippen LogP contribution is 2.23. The summed E-state index contributed by atoms with van der Waals surface area (Å²) >= 11 is 5.28. The van der Waals surface area contributed by atoms with Crippen molar-refractivity contribution in [3.63, 3.8) is 0 Å². The number of aryl methyl sites for hydroxylation is 2. The number of hydrogen-bond acceptors (Lipinski definition) is 4. The molecule has 3 N–H and O–H groups in total. The molecule has 0 heterocycles. The zero-order valence-corrected chi connectivity index (χ0v) is 16.5. The number of aromatic hydroxyl groups is 1. The van der Waals surface area contributed by atoms with E-state index in [-0.39, 0.29) is 5.75 Å². The van der Waals surface area contributed by atoms with E-state index in [9.17, 15) is 5.11 Å². The van der Waals surface area contributed by atoms with Gasteiger partial charge in [-0.25, -0.2) is 0 Å². The van der Waals surface area contributed by atoms with Gasteiger partial charge >= 0.3 is 0 Å². The Bertz CT molecular complexity index is 780. The van der Waals surface area contributed by atoms with E-state index >= 15 is 0 Å². The number of phenolic OH excluding ortho intramolecular Hbond substituents is 1. The minimum atomic E-state index is 0.188. The molecule has 6 heteroatoms. The third kappa shape index (κ3) is 4.95. The van der Waals surface area contributed by atoms with Gasteiger partial charge in [-0.05, 0) is 63.2 Å². The Morgan fingerprint density at radius 1 is 1.15 bits per heavy atom. The lowest BCUT2D eigenvalue weighted by atomic mass is 10.1. The van der Waals surface area contributed by atoms with Gasteiger partial charge in [0.05, 0.1) is 6.21 Å². The molecule has 0 aliphatic carbocycles. The van der Waals surface area contributed by atoms with Gasteiger partial charge in [-0.2, -0.15) is 5.10 Å². The summed E-state index contributed by atoms with van der Waals surface area (Å²) < 4.78 is 0. The van der Waals surface area contributed by atoms with Crippen LogP contribution in [0, 0.1) is 13.8 Å². The molecule has 5 nitrogen and oxygen atoms in total. The van der Waals surface area contributed by atoms with Crippen LogP contribution >= 0.6 is 12.2 Å². The van der Waals surface area contributed by atoms with Gasteiger partial charge in [0.15, 0.2) is 5.11 Å². The number of phenols is 1. The minimum Gasteiger partial charge on any atom is -0.507 e. The number of hydrazone groups is 1. The predicted octanol–water partition coefficient (Wildman–Crippen LogP) is 4.18. The topological polar surface area (TPSA) is 59.9 Å². The number of hydrogen-bond donors (Lipinski definition) is 3. The van der Waals surface area contributed by atoms with E-state index < -0.39 is 0 Å². The molecule has 0 amide bonds. The molecule has 0 fully saturated rings. The normalized spacial score (nSPS) is 10.8. The summed E-state index contributed by atoms with van der Waals surface area (Å²) in [6.07, 6.45) is 1.56. The van der Waals surface area contributed by atoms with Crippen LogP contribution in [0.1, 0.15) is 30.5 Å². The molecule has 26 heavy (non-hydrogen) atoms. The van der Waals surface area contributed by atoms with Crippen molar-refractivity contribution in [2.45, 2.75) is 27.7 Å². The fourth-order valence-electron chi connectivity index (χ4n) is 2.74. The SMILES string of the molecule is CCN(CC)c1ccc(C=NNC(=S)Nc2c(C)cccc2C)c(O)c1. The van der Waals surface area contributed by atoms with Gasteiger partial charge in [0.2, 0.25) is 0 Å². The zero-order chi connectivity index (χ0) is 19.1. The fourth-order valence-corrected chi connectivity index (χ4v) is 2.90. The largest absolute Gasteiger partial charge is 0.507 e. The Labute approximate surface area is 160 Å². The van der Waals surface area contributed by atoms with Crippen LogP contribution in [0.5, 0.6) is 5.75 Å². The molecular weight excluding hydrogens is 344 g/mol. The number of nitrogens with one attached hydrogen (secondary N) is 2. The average Bonchev–Trinajstić information content (AvgIpc) is 2.61. The molecule has 0 spiro atoms. The van der Waals surface area contributed by atoms with Gasteiger partial charge in [-0.3, -0.25) is 5.43 Å². The van der Waals surface area contributed by atoms with Crippen LogP contribution in [0.3, 0.4) is 0 Å². The standard InChI is InChI=1S/C20H26N4OS/c1-5-24(6-2)17-11-10-16(18(25)12-17)13-21-23-20(26)22-19-14(3)8-7-9-15(19)4/h7-13,25H,5-6H2,1-4H3,(H2,22,23,26). The molecule has 0 saturated heterocycles. The number of thiocarbonyl (C=S) groups is 1. The molecule has 0 atom stereocenters. The lowest BCUT2D eigenvalue weighted by molar-refractivity contribution is 0.474. The summed E-state index contributed by atoms with van der Waals surface area (Å²) in [5, 5.41) is 17.9. The third-order valence-electron chi connectivity index (χ3n) is 4.23. The van der Waals surface area contributed by atoms with Crippen LogP contribution in [0.4, 0.5) is 11.4 Å². The van der Waals surface area contributed by atoms with Crippen molar-refractivity contribution in [1.82, 2.24) is 5.43 Å². The van der Waals surface area contributed by atoms with E-state index in [1.807, 2.05) is 44.2 Å². The van der Waals surface area contributed by atoms with E-state index in [0.29, 0.717) is 10.7 Å². The van der Waals surface area contributed by atoms with Crippen molar-refractivity contribution in [3.8, 4) is 5.75 Å². The molecule has 2 aromatic carbocycles. The third-order valence-corrected chi connectivity index (χ3v) is 4.43. The maximum atomic E-state index is 10.2. The van der Waals surface area contributed by atoms with Crippen LogP contribution in [0.15, 0.2) is 41.5 Å². The molecule has 0 aromatic heterocycles. The number of benzene rings is 2. The summed E-state index contributed by atoms with van der Waals surface area (Å²) in [5.41, 5.74) is 7.61. The number of para-hydroxylation sites is 1. The summed E-state index contributed by atoms with van der Waals surface area (Å²) in [6.45, 7) is 10.0. The summed E-state index contributed by atoms with van der Waals surface area (Å²) in [6, 6.07) is 11.6. The molecule has 138 valence electrons. The monoisotopic (exact) mass is 370 g/mol. The van der Waals surface area contributed by atoms with Crippen molar-refractivity contribution in [2.75, 3.05) is 23.3 Å². The second-order valence-corrected chi connectivity index (χ2v) is 6.41. The maximum absolute atomic E-state index is 10.2. The van der Waals surface area contributed by atoms with Gasteiger partial charge in [-0.15, -0.1) is 0 Å². The number of nitrogens with zero attached hydrogens (tertiary/aromatic N) is 2. The highest BCUT2D eigenvalue weighted by molar-refractivity contribution is 7.80. The molecular formula is C20H26N4OS. The summed E-state index contributed by atoms with van der Waals surface area (Å²) in [4.78, 5) is 2.17. The zero-order valence-electron chi connectivity index (χ0n) is 15.7. The van der Waals surface area contributed by atoms with Crippen LogP contribution in [0.2, 0.25) is 0 Å². The smallest absolute Gasteiger partial charge is 0.191 e. The van der Waals surface area contributed by atoms with Crippen LogP contribution in [-0.2, 0) is 0 Å². The van der Waals surface area contributed by atoms with Gasteiger partial charge in [0.1, 0.15) is 5.75 Å². The van der Waals surface area contributed by atoms with E-state index in [4.69, 9.17) is 12.2 Å².